The molecule has 144 valence electrons. The molecule has 1 amide bonds. The van der Waals surface area contributed by atoms with E-state index in [1.807, 2.05) is 0 Å². The van der Waals surface area contributed by atoms with E-state index in [0.717, 1.165) is 18.2 Å². The fourth-order valence-corrected chi connectivity index (χ4v) is 4.14. The van der Waals surface area contributed by atoms with Crippen molar-refractivity contribution >= 4 is 15.7 Å². The first-order valence-electron chi connectivity index (χ1n) is 7.98. The minimum Gasteiger partial charge on any atom is -0.485 e. The van der Waals surface area contributed by atoms with Gasteiger partial charge in [-0.3, -0.25) is 4.79 Å². The van der Waals surface area contributed by atoms with Crippen LogP contribution in [0.5, 0.6) is 5.75 Å². The van der Waals surface area contributed by atoms with Crippen molar-refractivity contribution in [2.45, 2.75) is 54.8 Å². The number of likely N-dealkylation sites (tertiary alicyclic amines) is 1. The van der Waals surface area contributed by atoms with Crippen LogP contribution in [-0.2, 0) is 14.6 Å². The van der Waals surface area contributed by atoms with Crippen LogP contribution in [0.1, 0.15) is 38.3 Å². The van der Waals surface area contributed by atoms with E-state index in [9.17, 15) is 31.5 Å². The first kappa shape index (κ1) is 19.0. The number of alkyl halides is 3. The molecule has 2 atom stereocenters. The third-order valence-electron chi connectivity index (χ3n) is 4.75. The number of sulfone groups is 1. The lowest BCUT2D eigenvalue weighted by molar-refractivity contribution is -0.139. The molecule has 2 heterocycles. The van der Waals surface area contributed by atoms with Crippen LogP contribution in [0.15, 0.2) is 23.1 Å². The summed E-state index contributed by atoms with van der Waals surface area (Å²) in [5.74, 6) is -0.104. The molecule has 0 unspecified atom stereocenters. The monoisotopic (exact) mass is 393 g/mol. The molecule has 1 aromatic carbocycles. The molecule has 1 aromatic rings. The number of aliphatic hydroxyl groups is 1. The number of amides is 1. The Labute approximate surface area is 148 Å². The molecule has 6 nitrogen and oxygen atoms in total. The highest BCUT2D eigenvalue weighted by molar-refractivity contribution is 7.92. The highest BCUT2D eigenvalue weighted by atomic mass is 32.2. The average Bonchev–Trinajstić information content (AvgIpc) is 2.92. The van der Waals surface area contributed by atoms with Crippen molar-refractivity contribution in [1.29, 1.82) is 0 Å². The minimum atomic E-state index is -5.56. The van der Waals surface area contributed by atoms with E-state index in [1.165, 1.54) is 4.90 Å². The fraction of sp³-hybridized carbons (Fsp3) is 0.562. The van der Waals surface area contributed by atoms with Crippen LogP contribution >= 0.6 is 0 Å². The Kier molecular flexibility index (Phi) is 4.27. The molecule has 2 aliphatic rings. The van der Waals surface area contributed by atoms with Gasteiger partial charge in [0.15, 0.2) is 0 Å². The molecule has 0 spiro atoms. The number of carbonyl (C=O) groups is 1. The second-order valence-electron chi connectivity index (χ2n) is 6.93. The molecule has 1 N–H and O–H groups in total. The Balaban J connectivity index is 2.17. The lowest BCUT2D eigenvalue weighted by atomic mass is 9.85. The van der Waals surface area contributed by atoms with Gasteiger partial charge in [-0.25, -0.2) is 8.42 Å². The van der Waals surface area contributed by atoms with Crippen molar-refractivity contribution in [3.05, 3.63) is 23.8 Å². The number of halogens is 3. The Morgan fingerprint density at radius 2 is 1.96 bits per heavy atom. The van der Waals surface area contributed by atoms with Crippen molar-refractivity contribution in [3.63, 3.8) is 0 Å². The third-order valence-corrected chi connectivity index (χ3v) is 6.23. The van der Waals surface area contributed by atoms with Crippen LogP contribution in [0.4, 0.5) is 13.2 Å². The van der Waals surface area contributed by atoms with E-state index in [1.54, 1.807) is 13.8 Å². The van der Waals surface area contributed by atoms with Crippen molar-refractivity contribution in [2.75, 3.05) is 6.54 Å². The van der Waals surface area contributed by atoms with Gasteiger partial charge in [0, 0.05) is 18.5 Å². The molecule has 0 aromatic heterocycles. The largest absolute Gasteiger partial charge is 0.501 e. The van der Waals surface area contributed by atoms with Crippen molar-refractivity contribution in [1.82, 2.24) is 4.90 Å². The Morgan fingerprint density at radius 3 is 2.50 bits per heavy atom. The number of carbonyl (C=O) groups excluding carboxylic acids is 1. The summed E-state index contributed by atoms with van der Waals surface area (Å²) in [6.45, 7) is 3.51. The third kappa shape index (κ3) is 2.84. The predicted octanol–water partition coefficient (Wildman–Crippen LogP) is 2.18. The molecule has 1 saturated heterocycles. The van der Waals surface area contributed by atoms with Crippen LogP contribution in [0.3, 0.4) is 0 Å². The molecular weight excluding hydrogens is 375 g/mol. The summed E-state index contributed by atoms with van der Waals surface area (Å²) in [6, 6.07) is 1.81. The molecule has 0 saturated carbocycles. The van der Waals surface area contributed by atoms with Gasteiger partial charge in [0.2, 0.25) is 5.91 Å². The zero-order chi connectivity index (χ0) is 19.5. The van der Waals surface area contributed by atoms with Crippen LogP contribution in [0.25, 0.3) is 0 Å². The number of hydrogen-bond acceptors (Lipinski definition) is 5. The van der Waals surface area contributed by atoms with Gasteiger partial charge in [-0.15, -0.1) is 0 Å². The molecular formula is C16H18F3NO5S. The number of fused-ring (bicyclic) bond motifs is 1. The summed E-state index contributed by atoms with van der Waals surface area (Å²) in [5.41, 5.74) is -6.50. The summed E-state index contributed by atoms with van der Waals surface area (Å²) in [7, 11) is -5.56. The molecule has 2 aliphatic heterocycles. The van der Waals surface area contributed by atoms with E-state index in [0.29, 0.717) is 13.0 Å². The number of aliphatic hydroxyl groups excluding tert-OH is 1. The maximum atomic E-state index is 12.9. The standard InChI is InChI=1S/C16H18F3NO5S/c1-15(2)14(22)13(20-7-3-4-12(20)21)10-8-9(5-6-11(10)25-15)26(23,24)16(17,18)19/h5-6,8,13-14,22H,3-4,7H2,1-2H3/t13-,14+/m1/s1. The van der Waals surface area contributed by atoms with Gasteiger partial charge < -0.3 is 14.7 Å². The number of ether oxygens (including phenoxy) is 1. The van der Waals surface area contributed by atoms with E-state index >= 15 is 0 Å². The summed E-state index contributed by atoms with van der Waals surface area (Å²) >= 11 is 0. The lowest BCUT2D eigenvalue weighted by Crippen LogP contribution is -2.53. The summed E-state index contributed by atoms with van der Waals surface area (Å²) in [5, 5.41) is 10.7. The summed E-state index contributed by atoms with van der Waals surface area (Å²) in [6.07, 6.45) is -0.416. The smallest absolute Gasteiger partial charge is 0.485 e. The average molecular weight is 393 g/mol. The van der Waals surface area contributed by atoms with Crippen molar-refractivity contribution in [2.24, 2.45) is 0 Å². The second kappa shape index (κ2) is 5.85. The lowest BCUT2D eigenvalue weighted by Gasteiger charge is -2.45. The number of benzene rings is 1. The van der Waals surface area contributed by atoms with Crippen molar-refractivity contribution < 1.29 is 36.2 Å². The maximum absolute atomic E-state index is 12.9. The van der Waals surface area contributed by atoms with E-state index < -0.39 is 38.0 Å². The highest BCUT2D eigenvalue weighted by Gasteiger charge is 2.50. The highest BCUT2D eigenvalue weighted by Crippen LogP contribution is 2.45. The van der Waals surface area contributed by atoms with Gasteiger partial charge in [0.1, 0.15) is 17.5 Å². The molecule has 0 bridgehead atoms. The van der Waals surface area contributed by atoms with Gasteiger partial charge >= 0.3 is 5.51 Å². The SMILES string of the molecule is CC1(C)Oc2ccc(S(=O)(=O)C(F)(F)F)cc2[C@@H](N2CCCC2=O)[C@@H]1O. The zero-order valence-electron chi connectivity index (χ0n) is 14.1. The van der Waals surface area contributed by atoms with Gasteiger partial charge in [0.25, 0.3) is 9.84 Å². The van der Waals surface area contributed by atoms with E-state index in [-0.39, 0.29) is 23.6 Å². The second-order valence-corrected chi connectivity index (χ2v) is 8.88. The van der Waals surface area contributed by atoms with Gasteiger partial charge in [-0.2, -0.15) is 13.2 Å². The molecule has 3 rings (SSSR count). The van der Waals surface area contributed by atoms with E-state index in [4.69, 9.17) is 4.74 Å². The van der Waals surface area contributed by atoms with Crippen LogP contribution in [0.2, 0.25) is 0 Å². The maximum Gasteiger partial charge on any atom is 0.501 e. The van der Waals surface area contributed by atoms with Crippen LogP contribution < -0.4 is 4.74 Å². The predicted molar refractivity (Wildman–Crippen MR) is 84.1 cm³/mol. The number of nitrogens with zero attached hydrogens (tertiary/aromatic N) is 1. The zero-order valence-corrected chi connectivity index (χ0v) is 14.9. The Hall–Kier alpha value is -1.81. The number of rotatable bonds is 2. The first-order chi connectivity index (χ1) is 11.9. The molecule has 1 fully saturated rings. The molecule has 0 aliphatic carbocycles. The topological polar surface area (TPSA) is 83.9 Å². The van der Waals surface area contributed by atoms with Gasteiger partial charge in [-0.1, -0.05) is 0 Å². The van der Waals surface area contributed by atoms with Gasteiger partial charge in [-0.05, 0) is 38.5 Å². The van der Waals surface area contributed by atoms with Gasteiger partial charge in [0.05, 0.1) is 10.9 Å². The van der Waals surface area contributed by atoms with Crippen LogP contribution in [-0.4, -0.2) is 48.1 Å². The quantitative estimate of drug-likeness (QED) is 0.833. The molecule has 26 heavy (non-hydrogen) atoms. The van der Waals surface area contributed by atoms with Crippen LogP contribution in [0, 0.1) is 0 Å². The Bertz CT molecular complexity index is 850. The van der Waals surface area contributed by atoms with E-state index in [2.05, 4.69) is 0 Å². The normalized spacial score (nSPS) is 25.8. The fourth-order valence-electron chi connectivity index (χ4n) is 3.35. The summed E-state index contributed by atoms with van der Waals surface area (Å²) < 4.78 is 67.7. The number of hydrogen-bond donors (Lipinski definition) is 1. The molecule has 10 heteroatoms. The summed E-state index contributed by atoms with van der Waals surface area (Å²) in [4.78, 5) is 12.6. The molecule has 0 radical (unpaired) electrons. The Morgan fingerprint density at radius 1 is 1.31 bits per heavy atom. The van der Waals surface area contributed by atoms with Crippen molar-refractivity contribution in [3.8, 4) is 5.75 Å². The first-order valence-corrected chi connectivity index (χ1v) is 9.46. The minimum absolute atomic E-state index is 0.0531.